The molecule has 8 heteroatoms. The summed E-state index contributed by atoms with van der Waals surface area (Å²) in [7, 11) is 0. The molecule has 0 saturated carbocycles. The molecule has 1 unspecified atom stereocenters. The summed E-state index contributed by atoms with van der Waals surface area (Å²) in [6.07, 6.45) is 5.23. The van der Waals surface area contributed by atoms with Gasteiger partial charge >= 0.3 is 0 Å². The molecule has 0 aliphatic carbocycles. The van der Waals surface area contributed by atoms with Gasteiger partial charge in [0.25, 0.3) is 0 Å². The Bertz CT molecular complexity index is 770. The fourth-order valence-electron chi connectivity index (χ4n) is 2.67. The van der Waals surface area contributed by atoms with Crippen molar-refractivity contribution in [1.29, 1.82) is 0 Å². The van der Waals surface area contributed by atoms with Crippen molar-refractivity contribution in [2.45, 2.75) is 18.4 Å². The summed E-state index contributed by atoms with van der Waals surface area (Å²) >= 11 is 1.65. The molecule has 0 radical (unpaired) electrons. The van der Waals surface area contributed by atoms with E-state index < -0.39 is 0 Å². The third-order valence-electron chi connectivity index (χ3n) is 4.51. The fourth-order valence-corrected chi connectivity index (χ4v) is 3.08. The number of rotatable bonds is 7. The summed E-state index contributed by atoms with van der Waals surface area (Å²) in [5.41, 5.74) is 1.35. The minimum absolute atomic E-state index is 0.0191. The van der Waals surface area contributed by atoms with Crippen molar-refractivity contribution in [2.75, 3.05) is 30.0 Å². The fraction of sp³-hybridized carbons (Fsp3) is 0.389. The van der Waals surface area contributed by atoms with Crippen LogP contribution >= 0.6 is 11.8 Å². The minimum atomic E-state index is -0.170. The smallest absolute Gasteiger partial charge is 0.246 e. The molecule has 1 aliphatic heterocycles. The molecule has 2 aromatic rings. The summed E-state index contributed by atoms with van der Waals surface area (Å²) in [6, 6.07) is 7.66. The van der Waals surface area contributed by atoms with E-state index in [0.717, 1.165) is 23.7 Å². The molecule has 7 nitrogen and oxygen atoms in total. The Labute approximate surface area is 156 Å². The lowest BCUT2D eigenvalue weighted by atomic mass is 9.88. The molecule has 26 heavy (non-hydrogen) atoms. The van der Waals surface area contributed by atoms with E-state index in [-0.39, 0.29) is 24.3 Å². The average Bonchev–Trinajstić information content (AvgIpc) is 3.00. The summed E-state index contributed by atoms with van der Waals surface area (Å²) < 4.78 is 1.51. The topological polar surface area (TPSA) is 88.0 Å². The van der Waals surface area contributed by atoms with Crippen molar-refractivity contribution in [1.82, 2.24) is 15.1 Å². The van der Waals surface area contributed by atoms with Crippen LogP contribution in [-0.4, -0.2) is 40.9 Å². The van der Waals surface area contributed by atoms with Crippen LogP contribution in [0.15, 0.2) is 41.6 Å². The van der Waals surface area contributed by atoms with E-state index >= 15 is 0 Å². The number of nitrogens with one attached hydrogen (secondary N) is 3. The molecule has 1 saturated heterocycles. The van der Waals surface area contributed by atoms with Gasteiger partial charge in [-0.25, -0.2) is 0 Å². The highest BCUT2D eigenvalue weighted by Gasteiger charge is 2.28. The second-order valence-corrected chi connectivity index (χ2v) is 7.28. The summed E-state index contributed by atoms with van der Waals surface area (Å²) in [5.74, 6) is 0.145. The van der Waals surface area contributed by atoms with E-state index in [1.165, 1.54) is 4.68 Å². The SMILES string of the molecule is CSc1ccc(NC(=O)Cn2cc(NC(=O)C(C)C3CNC3)cn2)cc1. The first-order valence-electron chi connectivity index (χ1n) is 8.53. The van der Waals surface area contributed by atoms with Gasteiger partial charge in [0.05, 0.1) is 11.9 Å². The predicted molar refractivity (Wildman–Crippen MR) is 103 cm³/mol. The monoisotopic (exact) mass is 373 g/mol. The van der Waals surface area contributed by atoms with Crippen molar-refractivity contribution in [2.24, 2.45) is 11.8 Å². The Morgan fingerprint density at radius 2 is 2.00 bits per heavy atom. The van der Waals surface area contributed by atoms with Crippen LogP contribution in [0.2, 0.25) is 0 Å². The highest BCUT2D eigenvalue weighted by molar-refractivity contribution is 7.98. The van der Waals surface area contributed by atoms with Crippen molar-refractivity contribution in [3.63, 3.8) is 0 Å². The van der Waals surface area contributed by atoms with Crippen LogP contribution in [0.5, 0.6) is 0 Å². The molecule has 3 N–H and O–H groups in total. The Morgan fingerprint density at radius 1 is 1.27 bits per heavy atom. The van der Waals surface area contributed by atoms with Gasteiger partial charge in [0.1, 0.15) is 6.54 Å². The van der Waals surface area contributed by atoms with Gasteiger partial charge in [-0.15, -0.1) is 11.8 Å². The van der Waals surface area contributed by atoms with Crippen LogP contribution in [0.4, 0.5) is 11.4 Å². The molecule has 1 aromatic carbocycles. The standard InChI is InChI=1S/C18H23N5O2S/c1-12(13-7-19-8-13)18(25)22-15-9-20-23(10-15)11-17(24)21-14-3-5-16(26-2)6-4-14/h3-6,9-10,12-13,19H,7-8,11H2,1-2H3,(H,21,24)(H,22,25). The predicted octanol–water partition coefficient (Wildman–Crippen LogP) is 2.04. The molecule has 2 amide bonds. The van der Waals surface area contributed by atoms with Crippen LogP contribution in [0.25, 0.3) is 0 Å². The number of hydrogen-bond donors (Lipinski definition) is 3. The molecule has 0 bridgehead atoms. The first-order valence-corrected chi connectivity index (χ1v) is 9.75. The van der Waals surface area contributed by atoms with Crippen molar-refractivity contribution in [3.8, 4) is 0 Å². The molecular formula is C18H23N5O2S. The zero-order valence-corrected chi connectivity index (χ0v) is 15.7. The molecule has 1 fully saturated rings. The van der Waals surface area contributed by atoms with E-state index in [0.29, 0.717) is 11.6 Å². The molecule has 1 atom stereocenters. The average molecular weight is 373 g/mol. The first kappa shape index (κ1) is 18.5. The van der Waals surface area contributed by atoms with E-state index in [1.54, 1.807) is 24.2 Å². The largest absolute Gasteiger partial charge is 0.324 e. The summed E-state index contributed by atoms with van der Waals surface area (Å²) in [4.78, 5) is 25.5. The molecule has 0 spiro atoms. The molecule has 1 aliphatic rings. The Hall–Kier alpha value is -2.32. The van der Waals surface area contributed by atoms with Crippen LogP contribution in [0.3, 0.4) is 0 Å². The van der Waals surface area contributed by atoms with Gasteiger partial charge in [-0.2, -0.15) is 5.10 Å². The second kappa shape index (κ2) is 8.37. The number of anilines is 2. The highest BCUT2D eigenvalue weighted by Crippen LogP contribution is 2.19. The molecule has 1 aromatic heterocycles. The number of aromatic nitrogens is 2. The number of carbonyl (C=O) groups is 2. The van der Waals surface area contributed by atoms with E-state index in [4.69, 9.17) is 0 Å². The molecule has 138 valence electrons. The lowest BCUT2D eigenvalue weighted by molar-refractivity contribution is -0.121. The van der Waals surface area contributed by atoms with Gasteiger partial charge in [-0.3, -0.25) is 14.3 Å². The van der Waals surface area contributed by atoms with E-state index in [9.17, 15) is 9.59 Å². The molecule has 3 rings (SSSR count). The number of amides is 2. The summed E-state index contributed by atoms with van der Waals surface area (Å²) in [5, 5.41) is 13.0. The van der Waals surface area contributed by atoms with Crippen LogP contribution in [0.1, 0.15) is 6.92 Å². The van der Waals surface area contributed by atoms with Gasteiger partial charge in [0.15, 0.2) is 0 Å². The maximum Gasteiger partial charge on any atom is 0.246 e. The molecular weight excluding hydrogens is 350 g/mol. The van der Waals surface area contributed by atoms with Crippen LogP contribution in [-0.2, 0) is 16.1 Å². The van der Waals surface area contributed by atoms with Gasteiger partial charge in [-0.1, -0.05) is 6.92 Å². The maximum atomic E-state index is 12.2. The minimum Gasteiger partial charge on any atom is -0.324 e. The zero-order chi connectivity index (χ0) is 18.5. The number of carbonyl (C=O) groups excluding carboxylic acids is 2. The van der Waals surface area contributed by atoms with Gasteiger partial charge in [0.2, 0.25) is 11.8 Å². The van der Waals surface area contributed by atoms with Gasteiger partial charge < -0.3 is 16.0 Å². The number of benzene rings is 1. The number of hydrogen-bond acceptors (Lipinski definition) is 5. The summed E-state index contributed by atoms with van der Waals surface area (Å²) in [6.45, 7) is 3.78. The van der Waals surface area contributed by atoms with Gasteiger partial charge in [-0.05, 0) is 49.5 Å². The van der Waals surface area contributed by atoms with Crippen molar-refractivity contribution < 1.29 is 9.59 Å². The number of nitrogens with zero attached hydrogens (tertiary/aromatic N) is 2. The lowest BCUT2D eigenvalue weighted by Crippen LogP contribution is -2.48. The Kier molecular flexibility index (Phi) is 5.95. The Morgan fingerprint density at radius 3 is 2.62 bits per heavy atom. The Balaban J connectivity index is 1.50. The van der Waals surface area contributed by atoms with Crippen molar-refractivity contribution >= 4 is 35.0 Å². The lowest BCUT2D eigenvalue weighted by Gasteiger charge is -2.31. The third kappa shape index (κ3) is 4.64. The highest BCUT2D eigenvalue weighted by atomic mass is 32.2. The number of thioether (sulfide) groups is 1. The van der Waals surface area contributed by atoms with Crippen LogP contribution < -0.4 is 16.0 Å². The van der Waals surface area contributed by atoms with E-state index in [1.807, 2.05) is 37.4 Å². The van der Waals surface area contributed by atoms with Crippen LogP contribution in [0, 0.1) is 11.8 Å². The third-order valence-corrected chi connectivity index (χ3v) is 5.26. The van der Waals surface area contributed by atoms with E-state index in [2.05, 4.69) is 21.0 Å². The maximum absolute atomic E-state index is 12.2. The molecule has 2 heterocycles. The van der Waals surface area contributed by atoms with Gasteiger partial charge in [0, 0.05) is 22.7 Å². The second-order valence-electron chi connectivity index (χ2n) is 6.40. The zero-order valence-electron chi connectivity index (χ0n) is 14.9. The normalized spacial score (nSPS) is 15.2. The first-order chi connectivity index (χ1) is 12.5. The van der Waals surface area contributed by atoms with Crippen molar-refractivity contribution in [3.05, 3.63) is 36.7 Å². The quantitative estimate of drug-likeness (QED) is 0.647.